The Morgan fingerprint density at radius 1 is 1.19 bits per heavy atom. The van der Waals surface area contributed by atoms with Crippen LogP contribution in [0.5, 0.6) is 0 Å². The number of nitrogens with zero attached hydrogens (tertiary/aromatic N) is 1. The maximum atomic E-state index is 12.0. The summed E-state index contributed by atoms with van der Waals surface area (Å²) in [7, 11) is 0. The smallest absolute Gasteiger partial charge is 0.252 e. The molecule has 2 aromatic rings. The van der Waals surface area contributed by atoms with Crippen LogP contribution in [0.15, 0.2) is 53.5 Å². The van der Waals surface area contributed by atoms with Gasteiger partial charge in [-0.25, -0.2) is 0 Å². The minimum Gasteiger partial charge on any atom is -0.370 e. The van der Waals surface area contributed by atoms with Crippen molar-refractivity contribution in [2.75, 3.05) is 18.4 Å². The van der Waals surface area contributed by atoms with Gasteiger partial charge in [0.15, 0.2) is 5.96 Å². The van der Waals surface area contributed by atoms with E-state index in [1.165, 1.54) is 5.56 Å². The number of nitrogens with one attached hydrogen (secondary N) is 2. The molecule has 1 amide bonds. The van der Waals surface area contributed by atoms with E-state index in [2.05, 4.69) is 41.6 Å². The van der Waals surface area contributed by atoms with Crippen LogP contribution in [0.4, 0.5) is 5.69 Å². The Balaban J connectivity index is 1.79. The van der Waals surface area contributed by atoms with Crippen molar-refractivity contribution >= 4 is 29.2 Å². The molecule has 138 valence electrons. The van der Waals surface area contributed by atoms with Crippen molar-refractivity contribution in [1.82, 2.24) is 5.32 Å². The second-order valence-corrected chi connectivity index (χ2v) is 6.47. The zero-order valence-corrected chi connectivity index (χ0v) is 15.9. The van der Waals surface area contributed by atoms with Crippen molar-refractivity contribution < 1.29 is 4.79 Å². The fourth-order valence-electron chi connectivity index (χ4n) is 2.40. The van der Waals surface area contributed by atoms with E-state index in [1.807, 2.05) is 12.1 Å². The third kappa shape index (κ3) is 5.77. The number of guanidine groups is 1. The molecular weight excluding hydrogens is 348 g/mol. The lowest BCUT2D eigenvalue weighted by atomic mass is 9.99. The number of rotatable bonds is 7. The number of amides is 1. The molecule has 5 nitrogen and oxygen atoms in total. The first-order valence-corrected chi connectivity index (χ1v) is 9.08. The van der Waals surface area contributed by atoms with E-state index in [1.54, 1.807) is 24.3 Å². The fraction of sp³-hybridized carbons (Fsp3) is 0.300. The maximum Gasteiger partial charge on any atom is 0.252 e. The van der Waals surface area contributed by atoms with Crippen molar-refractivity contribution in [3.8, 4) is 0 Å². The van der Waals surface area contributed by atoms with Gasteiger partial charge in [0.2, 0.25) is 0 Å². The summed E-state index contributed by atoms with van der Waals surface area (Å²) in [6.07, 6.45) is 1.11. The summed E-state index contributed by atoms with van der Waals surface area (Å²) in [5.74, 6) is 0.628. The topological polar surface area (TPSA) is 79.5 Å². The van der Waals surface area contributed by atoms with Crippen LogP contribution in [0.2, 0.25) is 5.02 Å². The van der Waals surface area contributed by atoms with E-state index in [4.69, 9.17) is 17.3 Å². The number of halogens is 1. The second kappa shape index (κ2) is 9.82. The van der Waals surface area contributed by atoms with E-state index in [0.29, 0.717) is 35.6 Å². The van der Waals surface area contributed by atoms with Gasteiger partial charge in [-0.1, -0.05) is 49.7 Å². The molecule has 0 saturated carbocycles. The quantitative estimate of drug-likeness (QED) is 0.390. The van der Waals surface area contributed by atoms with Crippen LogP contribution in [-0.4, -0.2) is 25.0 Å². The molecule has 2 rings (SSSR count). The minimum absolute atomic E-state index is 0.224. The van der Waals surface area contributed by atoms with Gasteiger partial charge < -0.3 is 16.4 Å². The number of carbonyl (C=O) groups is 1. The molecule has 0 aromatic heterocycles. The standard InChI is InChI=1S/C20H25ClN4O/c1-3-14(2)15-8-10-16(11-9-15)25-20(22)24-13-12-23-19(26)17-6-4-5-7-18(17)21/h4-11,14H,3,12-13H2,1-2H3,(H,23,26)(H3,22,24,25). The Morgan fingerprint density at radius 3 is 2.54 bits per heavy atom. The Hall–Kier alpha value is -2.53. The van der Waals surface area contributed by atoms with Gasteiger partial charge >= 0.3 is 0 Å². The van der Waals surface area contributed by atoms with Crippen LogP contribution >= 0.6 is 11.6 Å². The van der Waals surface area contributed by atoms with Crippen molar-refractivity contribution in [2.45, 2.75) is 26.2 Å². The summed E-state index contributed by atoms with van der Waals surface area (Å²) in [5.41, 5.74) is 8.53. The van der Waals surface area contributed by atoms with E-state index in [-0.39, 0.29) is 5.91 Å². The van der Waals surface area contributed by atoms with E-state index in [9.17, 15) is 4.79 Å². The summed E-state index contributed by atoms with van der Waals surface area (Å²) < 4.78 is 0. The first kappa shape index (κ1) is 19.8. The molecule has 0 aliphatic carbocycles. The number of nitrogens with two attached hydrogens (primary N) is 1. The van der Waals surface area contributed by atoms with Gasteiger partial charge in [-0.2, -0.15) is 0 Å². The molecule has 26 heavy (non-hydrogen) atoms. The molecule has 4 N–H and O–H groups in total. The number of benzene rings is 2. The highest BCUT2D eigenvalue weighted by Crippen LogP contribution is 2.20. The van der Waals surface area contributed by atoms with Gasteiger partial charge in [-0.05, 0) is 42.2 Å². The molecular formula is C20H25ClN4O. The van der Waals surface area contributed by atoms with Gasteiger partial charge in [0, 0.05) is 12.2 Å². The highest BCUT2D eigenvalue weighted by atomic mass is 35.5. The van der Waals surface area contributed by atoms with E-state index >= 15 is 0 Å². The van der Waals surface area contributed by atoms with Crippen molar-refractivity contribution in [2.24, 2.45) is 10.7 Å². The zero-order chi connectivity index (χ0) is 18.9. The molecule has 1 atom stereocenters. The first-order valence-electron chi connectivity index (χ1n) is 8.71. The Morgan fingerprint density at radius 2 is 1.88 bits per heavy atom. The summed E-state index contributed by atoms with van der Waals surface area (Å²) in [6.45, 7) is 5.13. The number of hydrogen-bond acceptors (Lipinski definition) is 2. The number of carbonyl (C=O) groups excluding carboxylic acids is 1. The summed E-state index contributed by atoms with van der Waals surface area (Å²) >= 11 is 5.99. The third-order valence-corrected chi connectivity index (χ3v) is 4.49. The average molecular weight is 373 g/mol. The maximum absolute atomic E-state index is 12.0. The van der Waals surface area contributed by atoms with Crippen molar-refractivity contribution in [1.29, 1.82) is 0 Å². The number of aliphatic imine (C=N–C) groups is 1. The van der Waals surface area contributed by atoms with E-state index < -0.39 is 0 Å². The normalized spacial score (nSPS) is 12.5. The predicted molar refractivity (Wildman–Crippen MR) is 109 cm³/mol. The Labute approximate surface area is 159 Å². The second-order valence-electron chi connectivity index (χ2n) is 6.06. The van der Waals surface area contributed by atoms with E-state index in [0.717, 1.165) is 12.1 Å². The molecule has 1 unspecified atom stereocenters. The molecule has 0 fully saturated rings. The molecule has 0 saturated heterocycles. The minimum atomic E-state index is -0.224. The molecule has 0 radical (unpaired) electrons. The largest absolute Gasteiger partial charge is 0.370 e. The average Bonchev–Trinajstić information content (AvgIpc) is 2.65. The molecule has 0 aliphatic heterocycles. The van der Waals surface area contributed by atoms with Gasteiger partial charge in [0.25, 0.3) is 5.91 Å². The van der Waals surface area contributed by atoms with Gasteiger partial charge in [0.05, 0.1) is 17.1 Å². The van der Waals surface area contributed by atoms with Crippen LogP contribution in [0.1, 0.15) is 42.1 Å². The lowest BCUT2D eigenvalue weighted by Gasteiger charge is -2.11. The lowest BCUT2D eigenvalue weighted by molar-refractivity contribution is 0.0955. The molecule has 0 heterocycles. The molecule has 0 bridgehead atoms. The molecule has 0 spiro atoms. The van der Waals surface area contributed by atoms with Crippen LogP contribution in [-0.2, 0) is 0 Å². The fourth-order valence-corrected chi connectivity index (χ4v) is 2.63. The first-order chi connectivity index (χ1) is 12.5. The molecule has 6 heteroatoms. The monoisotopic (exact) mass is 372 g/mol. The molecule has 0 aliphatic rings. The van der Waals surface area contributed by atoms with Gasteiger partial charge in [0.1, 0.15) is 0 Å². The summed E-state index contributed by atoms with van der Waals surface area (Å²) in [5, 5.41) is 6.25. The SMILES string of the molecule is CCC(C)c1ccc(NC(N)=NCCNC(=O)c2ccccc2Cl)cc1. The highest BCUT2D eigenvalue weighted by molar-refractivity contribution is 6.33. The Kier molecular flexibility index (Phi) is 7.48. The third-order valence-electron chi connectivity index (χ3n) is 4.16. The predicted octanol–water partition coefficient (Wildman–Crippen LogP) is 4.01. The van der Waals surface area contributed by atoms with Crippen LogP contribution < -0.4 is 16.4 Å². The lowest BCUT2D eigenvalue weighted by Crippen LogP contribution is -2.28. The van der Waals surface area contributed by atoms with Crippen molar-refractivity contribution in [3.05, 3.63) is 64.7 Å². The summed E-state index contributed by atoms with van der Waals surface area (Å²) in [4.78, 5) is 16.2. The van der Waals surface area contributed by atoms with Crippen LogP contribution in [0.3, 0.4) is 0 Å². The van der Waals surface area contributed by atoms with Gasteiger partial charge in [-0.3, -0.25) is 9.79 Å². The number of hydrogen-bond donors (Lipinski definition) is 3. The zero-order valence-electron chi connectivity index (χ0n) is 15.1. The van der Waals surface area contributed by atoms with Crippen LogP contribution in [0, 0.1) is 0 Å². The van der Waals surface area contributed by atoms with Crippen LogP contribution in [0.25, 0.3) is 0 Å². The van der Waals surface area contributed by atoms with Gasteiger partial charge in [-0.15, -0.1) is 0 Å². The Bertz CT molecular complexity index is 759. The number of anilines is 1. The highest BCUT2D eigenvalue weighted by Gasteiger charge is 2.08. The molecule has 2 aromatic carbocycles. The van der Waals surface area contributed by atoms with Crippen molar-refractivity contribution in [3.63, 3.8) is 0 Å². The summed E-state index contributed by atoms with van der Waals surface area (Å²) in [6, 6.07) is 15.1.